The molecule has 4 aromatic heterocycles. The quantitative estimate of drug-likeness (QED) is 0.0914. The number of hydrogen-bond acceptors (Lipinski definition) is 6. The van der Waals surface area contributed by atoms with E-state index >= 15 is 0 Å². The maximum absolute atomic E-state index is 11.7. The fourth-order valence-corrected chi connectivity index (χ4v) is 6.00. The molecule has 0 amide bonds. The molecule has 0 spiro atoms. The molecule has 5 nitrogen and oxygen atoms in total. The van der Waals surface area contributed by atoms with Gasteiger partial charge in [0.2, 0.25) is 5.71 Å². The number of benzene rings is 1. The van der Waals surface area contributed by atoms with E-state index in [9.17, 15) is 9.90 Å². The first-order valence-corrected chi connectivity index (χ1v) is 15.9. The molecule has 1 aromatic carbocycles. The number of thiophene rings is 1. The minimum Gasteiger partial charge on any atom is -0.512 e. The number of aliphatic hydroxyl groups excluding tert-OH is 1. The Morgan fingerprint density at radius 3 is 2.43 bits per heavy atom. The van der Waals surface area contributed by atoms with Crippen LogP contribution in [0.25, 0.3) is 43.4 Å². The van der Waals surface area contributed by atoms with Crippen LogP contribution in [-0.2, 0) is 31.3 Å². The van der Waals surface area contributed by atoms with Gasteiger partial charge in [0.05, 0.1) is 16.0 Å². The number of fused-ring (bicyclic) bond motifs is 4. The molecule has 0 saturated carbocycles. The molecule has 0 aliphatic rings. The fraction of sp³-hybridized carbons (Fsp3) is 0.432. The number of nitrogens with zero attached hydrogens (tertiary/aromatic N) is 2. The number of aromatic nitrogens is 2. The average molecular weight is 795 g/mol. The summed E-state index contributed by atoms with van der Waals surface area (Å²) in [6.07, 6.45) is 5.12. The molecular weight excluding hydrogens is 745 g/mol. The largest absolute Gasteiger partial charge is 0.512 e. The van der Waals surface area contributed by atoms with Crippen molar-refractivity contribution in [3.05, 3.63) is 71.1 Å². The topological polar surface area (TPSA) is 76.2 Å². The zero-order valence-electron chi connectivity index (χ0n) is 31.5. The van der Waals surface area contributed by atoms with Gasteiger partial charge in [-0.2, -0.15) is 0 Å². The first-order chi connectivity index (χ1) is 22.5. The van der Waals surface area contributed by atoms with E-state index in [0.717, 1.165) is 46.5 Å². The van der Waals surface area contributed by atoms with E-state index in [1.165, 1.54) is 23.5 Å². The molecule has 0 atom stereocenters. The van der Waals surface area contributed by atoms with Crippen LogP contribution in [0.4, 0.5) is 0 Å². The Labute approximate surface area is 286 Å². The summed E-state index contributed by atoms with van der Waals surface area (Å²) < 4.78 is 47.3. The Morgan fingerprint density at radius 2 is 1.80 bits per heavy atom. The normalized spacial score (nSPS) is 14.5. The Balaban J connectivity index is 0.000000347. The second kappa shape index (κ2) is 15.4. The number of rotatable bonds is 9. The molecule has 1 N–H and O–H groups in total. The smallest absolute Gasteiger partial charge is 0.216 e. The molecule has 0 aliphatic heterocycles. The van der Waals surface area contributed by atoms with Gasteiger partial charge in [-0.3, -0.25) is 4.79 Å². The van der Waals surface area contributed by atoms with Crippen molar-refractivity contribution in [2.45, 2.75) is 87.4 Å². The Bertz CT molecular complexity index is 1930. The van der Waals surface area contributed by atoms with Gasteiger partial charge in [0, 0.05) is 62.1 Å². The van der Waals surface area contributed by atoms with Crippen LogP contribution in [0.1, 0.15) is 92.3 Å². The number of aliphatic hydroxyl groups is 1. The number of ketones is 1. The molecule has 7 heteroatoms. The third kappa shape index (κ3) is 8.24. The molecule has 1 radical (unpaired) electrons. The molecule has 0 saturated heterocycles. The van der Waals surface area contributed by atoms with Crippen molar-refractivity contribution in [3.8, 4) is 11.3 Å². The number of hydrogen-bond donors (Lipinski definition) is 1. The maximum atomic E-state index is 11.7. The van der Waals surface area contributed by atoms with E-state index in [4.69, 9.17) is 11.3 Å². The van der Waals surface area contributed by atoms with Gasteiger partial charge in [-0.1, -0.05) is 65.5 Å². The van der Waals surface area contributed by atoms with Crippen molar-refractivity contribution in [3.63, 3.8) is 0 Å². The average Bonchev–Trinajstić information content (AvgIpc) is 3.63. The van der Waals surface area contributed by atoms with E-state index in [2.05, 4.69) is 16.0 Å². The van der Waals surface area contributed by atoms with Gasteiger partial charge in [0.1, 0.15) is 0 Å². The molecule has 5 rings (SSSR count). The van der Waals surface area contributed by atoms with E-state index in [1.807, 2.05) is 66.0 Å². The van der Waals surface area contributed by atoms with Crippen molar-refractivity contribution < 1.29 is 41.3 Å². The SMILES string of the molecule is CCC(CC)C(=O)/C=C(\O)C(CC)CC.[2H]C([2H])([2H])c1ccc2c(n1)oc1c(-c3cc4c(C([2H])([2H])C(C)(C)C)csc4cn3)[c-]ccc12.[Ir]. The summed E-state index contributed by atoms with van der Waals surface area (Å²) in [5.41, 5.74) is 2.03. The number of aryl methyl sites for hydroxylation is 1. The van der Waals surface area contributed by atoms with Gasteiger partial charge >= 0.3 is 0 Å². The molecule has 5 aromatic rings. The summed E-state index contributed by atoms with van der Waals surface area (Å²) in [4.78, 5) is 20.5. The molecule has 44 heavy (non-hydrogen) atoms. The minimum atomic E-state index is -2.32. The van der Waals surface area contributed by atoms with Gasteiger partial charge in [0.25, 0.3) is 0 Å². The number of allylic oxidation sites excluding steroid dienone is 2. The Morgan fingerprint density at radius 1 is 1.09 bits per heavy atom. The fourth-order valence-electron chi connectivity index (χ4n) is 5.16. The van der Waals surface area contributed by atoms with Gasteiger partial charge < -0.3 is 14.5 Å². The Kier molecular flexibility index (Phi) is 10.0. The molecular formula is C37H45IrN2O3S-. The second-order valence-corrected chi connectivity index (χ2v) is 12.7. The summed E-state index contributed by atoms with van der Waals surface area (Å²) in [5, 5.41) is 14.0. The van der Waals surface area contributed by atoms with E-state index < -0.39 is 18.6 Å². The second-order valence-electron chi connectivity index (χ2n) is 11.8. The van der Waals surface area contributed by atoms with Crippen molar-refractivity contribution in [2.24, 2.45) is 17.3 Å². The number of pyridine rings is 2. The van der Waals surface area contributed by atoms with Crippen molar-refractivity contribution in [1.82, 2.24) is 9.97 Å². The predicted octanol–water partition coefficient (Wildman–Crippen LogP) is 10.8. The van der Waals surface area contributed by atoms with Crippen LogP contribution in [0.15, 0.2) is 58.2 Å². The Hall–Kier alpha value is -2.86. The van der Waals surface area contributed by atoms with Crippen LogP contribution in [0.5, 0.6) is 0 Å². The van der Waals surface area contributed by atoms with Crippen molar-refractivity contribution in [2.75, 3.05) is 0 Å². The van der Waals surface area contributed by atoms with Crippen LogP contribution in [-0.4, -0.2) is 20.9 Å². The van der Waals surface area contributed by atoms with Gasteiger partial charge in [-0.15, -0.1) is 29.5 Å². The zero-order chi connectivity index (χ0) is 35.6. The summed E-state index contributed by atoms with van der Waals surface area (Å²) in [7, 11) is 0. The van der Waals surface area contributed by atoms with Crippen LogP contribution < -0.4 is 0 Å². The molecule has 0 fully saturated rings. The summed E-state index contributed by atoms with van der Waals surface area (Å²) >= 11 is 1.47. The van der Waals surface area contributed by atoms with Crippen molar-refractivity contribution in [1.29, 1.82) is 0 Å². The molecule has 0 aliphatic carbocycles. The molecule has 0 bridgehead atoms. The van der Waals surface area contributed by atoms with Gasteiger partial charge in [-0.25, -0.2) is 4.98 Å². The summed E-state index contributed by atoms with van der Waals surface area (Å²) in [6.45, 7) is 11.4. The van der Waals surface area contributed by atoms with E-state index in [-0.39, 0.29) is 54.9 Å². The summed E-state index contributed by atoms with van der Waals surface area (Å²) in [5.74, 6) is 0.547. The molecule has 237 valence electrons. The third-order valence-corrected chi connectivity index (χ3v) is 8.54. The summed E-state index contributed by atoms with van der Waals surface area (Å²) in [6, 6.07) is 11.9. The number of carbonyl (C=O) groups is 1. The van der Waals surface area contributed by atoms with Crippen LogP contribution >= 0.6 is 11.3 Å². The minimum absolute atomic E-state index is 0. The standard InChI is InChI=1S/C24H21N2OS.C13H24O2.Ir/c1-14-8-9-17-16-6-5-7-18(22(16)27-23(17)26-14)20-10-19-15(11-24(2,3)4)13-28-21(19)12-25-20;1-5-10(6-2)12(14)9-13(15)11(7-3)8-4;/h5-6,8-10,12-13H,11H2,1-4H3;9-11,14H,5-8H2,1-4H3;/q-1;;/b;12-9-;/i1D3,11D2;;. The van der Waals surface area contributed by atoms with Crippen LogP contribution in [0, 0.1) is 30.2 Å². The van der Waals surface area contributed by atoms with Crippen molar-refractivity contribution >= 4 is 49.3 Å². The first kappa shape index (κ1) is 28.6. The van der Waals surface area contributed by atoms with Gasteiger partial charge in [-0.05, 0) is 78.5 Å². The predicted molar refractivity (Wildman–Crippen MR) is 181 cm³/mol. The molecule has 4 heterocycles. The first-order valence-electron chi connectivity index (χ1n) is 17.5. The van der Waals surface area contributed by atoms with E-state index in [0.29, 0.717) is 22.4 Å². The van der Waals surface area contributed by atoms with Gasteiger partial charge in [0.15, 0.2) is 5.78 Å². The van der Waals surface area contributed by atoms with Crippen LogP contribution in [0.3, 0.4) is 0 Å². The van der Waals surface area contributed by atoms with Crippen LogP contribution in [0.2, 0.25) is 0 Å². The number of furan rings is 1. The molecule has 0 unspecified atom stereocenters. The third-order valence-electron chi connectivity index (χ3n) is 7.61. The monoisotopic (exact) mass is 795 g/mol. The zero-order valence-corrected chi connectivity index (χ0v) is 29.7. The maximum Gasteiger partial charge on any atom is 0.216 e. The number of carbonyl (C=O) groups excluding carboxylic acids is 1. The van der Waals surface area contributed by atoms with E-state index in [1.54, 1.807) is 18.3 Å².